The molecule has 1 saturated heterocycles. The van der Waals surface area contributed by atoms with Crippen LogP contribution < -0.4 is 14.4 Å². The zero-order valence-corrected chi connectivity index (χ0v) is 22.3. The Morgan fingerprint density at radius 2 is 1.71 bits per heavy atom. The van der Waals surface area contributed by atoms with Crippen LogP contribution >= 0.6 is 70.4 Å². The molecule has 0 radical (unpaired) electrons. The van der Waals surface area contributed by atoms with Crippen molar-refractivity contribution in [2.75, 3.05) is 12.0 Å². The summed E-state index contributed by atoms with van der Waals surface area (Å²) in [4.78, 5) is 27.4. The molecule has 1 heterocycles. The van der Waals surface area contributed by atoms with E-state index in [2.05, 4.69) is 0 Å². The highest BCUT2D eigenvalue weighted by molar-refractivity contribution is 8.27. The summed E-state index contributed by atoms with van der Waals surface area (Å²) < 4.78 is 11.2. The number of benzene rings is 3. The number of halogens is 4. The Morgan fingerprint density at radius 1 is 0.943 bits per heavy atom. The molecule has 178 valence electrons. The Hall–Kier alpha value is -2.26. The largest absolute Gasteiger partial charge is 0.493 e. The third-order valence-corrected chi connectivity index (χ3v) is 7.38. The van der Waals surface area contributed by atoms with E-state index in [1.807, 2.05) is 0 Å². The van der Waals surface area contributed by atoms with Crippen molar-refractivity contribution in [1.29, 1.82) is 0 Å². The number of esters is 1. The fraction of sp³-hybridized carbons (Fsp3) is 0.0417. The molecule has 1 aliphatic rings. The van der Waals surface area contributed by atoms with E-state index < -0.39 is 5.97 Å². The van der Waals surface area contributed by atoms with Gasteiger partial charge in [0.1, 0.15) is 0 Å². The number of hydrogen-bond donors (Lipinski definition) is 0. The van der Waals surface area contributed by atoms with Crippen molar-refractivity contribution in [1.82, 2.24) is 0 Å². The Kier molecular flexibility index (Phi) is 7.96. The van der Waals surface area contributed by atoms with E-state index in [1.165, 1.54) is 24.1 Å². The zero-order chi connectivity index (χ0) is 25.3. The van der Waals surface area contributed by atoms with E-state index >= 15 is 0 Å². The van der Waals surface area contributed by atoms with Gasteiger partial charge in [-0.25, -0.2) is 4.79 Å². The molecular formula is C24H13Cl4NO4S2. The molecule has 0 bridgehead atoms. The molecule has 0 saturated carbocycles. The molecule has 1 amide bonds. The number of carbonyl (C=O) groups excluding carboxylic acids is 2. The van der Waals surface area contributed by atoms with Crippen LogP contribution in [-0.4, -0.2) is 23.3 Å². The smallest absolute Gasteiger partial charge is 0.345 e. The lowest BCUT2D eigenvalue weighted by molar-refractivity contribution is -0.113. The maximum atomic E-state index is 13.0. The standard InChI is InChI=1S/C24H13Cl4NO4S2/c1-32-20-8-12(2-7-19(20)33-23(31)15-5-3-13(25)10-17(15)27)9-21-22(30)29(24(34)35-21)14-4-6-16(26)18(28)11-14/h2-11H,1H3/b21-9-. The van der Waals surface area contributed by atoms with Crippen molar-refractivity contribution in [3.63, 3.8) is 0 Å². The summed E-state index contributed by atoms with van der Waals surface area (Å²) in [7, 11) is 1.44. The Bertz CT molecular complexity index is 1410. The Balaban J connectivity index is 1.57. The quantitative estimate of drug-likeness (QED) is 0.131. The minimum Gasteiger partial charge on any atom is -0.493 e. The van der Waals surface area contributed by atoms with Gasteiger partial charge >= 0.3 is 5.97 Å². The number of thiocarbonyl (C=S) groups is 1. The van der Waals surface area contributed by atoms with Gasteiger partial charge in [-0.2, -0.15) is 0 Å². The van der Waals surface area contributed by atoms with Crippen LogP contribution in [0.2, 0.25) is 20.1 Å². The molecule has 0 unspecified atom stereocenters. The van der Waals surface area contributed by atoms with E-state index in [1.54, 1.807) is 48.5 Å². The molecule has 4 rings (SSSR count). The predicted molar refractivity (Wildman–Crippen MR) is 147 cm³/mol. The van der Waals surface area contributed by atoms with Crippen molar-refractivity contribution in [2.45, 2.75) is 0 Å². The minimum atomic E-state index is -0.666. The summed E-state index contributed by atoms with van der Waals surface area (Å²) in [5, 5.41) is 1.26. The van der Waals surface area contributed by atoms with Crippen LogP contribution in [0.15, 0.2) is 59.5 Å². The summed E-state index contributed by atoms with van der Waals surface area (Å²) >= 11 is 30.6. The highest BCUT2D eigenvalue weighted by atomic mass is 35.5. The van der Waals surface area contributed by atoms with Crippen molar-refractivity contribution >= 4 is 98.3 Å². The zero-order valence-electron chi connectivity index (χ0n) is 17.7. The van der Waals surface area contributed by atoms with Gasteiger partial charge in [0.05, 0.1) is 38.3 Å². The third-order valence-electron chi connectivity index (χ3n) is 4.79. The van der Waals surface area contributed by atoms with Gasteiger partial charge < -0.3 is 9.47 Å². The first-order chi connectivity index (χ1) is 16.7. The summed E-state index contributed by atoms with van der Waals surface area (Å²) in [5.41, 5.74) is 1.32. The number of hydrogen-bond acceptors (Lipinski definition) is 6. The van der Waals surface area contributed by atoms with Gasteiger partial charge in [0.15, 0.2) is 15.8 Å². The number of amides is 1. The van der Waals surface area contributed by atoms with E-state index in [4.69, 9.17) is 68.1 Å². The summed E-state index contributed by atoms with van der Waals surface area (Å²) in [6, 6.07) is 14.2. The van der Waals surface area contributed by atoms with E-state index in [0.29, 0.717) is 35.5 Å². The lowest BCUT2D eigenvalue weighted by Crippen LogP contribution is -2.27. The molecule has 0 aromatic heterocycles. The van der Waals surface area contributed by atoms with E-state index in [-0.39, 0.29) is 28.0 Å². The first kappa shape index (κ1) is 25.8. The van der Waals surface area contributed by atoms with Crippen LogP contribution in [0.1, 0.15) is 15.9 Å². The number of anilines is 1. The number of rotatable bonds is 5. The van der Waals surface area contributed by atoms with Gasteiger partial charge in [-0.3, -0.25) is 9.69 Å². The molecule has 1 aliphatic heterocycles. The summed E-state index contributed by atoms with van der Waals surface area (Å²) in [6.07, 6.45) is 1.67. The second-order valence-electron chi connectivity index (χ2n) is 7.04. The highest BCUT2D eigenvalue weighted by Gasteiger charge is 2.33. The average Bonchev–Trinajstić information content (AvgIpc) is 3.09. The minimum absolute atomic E-state index is 0.160. The Morgan fingerprint density at radius 3 is 2.40 bits per heavy atom. The predicted octanol–water partition coefficient (Wildman–Crippen LogP) is 7.93. The fourth-order valence-corrected chi connectivity index (χ4v) is 5.21. The molecule has 11 heteroatoms. The topological polar surface area (TPSA) is 55.8 Å². The summed E-state index contributed by atoms with van der Waals surface area (Å²) in [6.45, 7) is 0. The second kappa shape index (κ2) is 10.8. The lowest BCUT2D eigenvalue weighted by atomic mass is 10.1. The van der Waals surface area contributed by atoms with Gasteiger partial charge in [0.25, 0.3) is 5.91 Å². The number of nitrogens with zero attached hydrogens (tertiary/aromatic N) is 1. The normalized spacial score (nSPS) is 14.5. The van der Waals surface area contributed by atoms with E-state index in [9.17, 15) is 9.59 Å². The molecule has 35 heavy (non-hydrogen) atoms. The number of thioether (sulfide) groups is 1. The van der Waals surface area contributed by atoms with Gasteiger partial charge in [0, 0.05) is 5.02 Å². The van der Waals surface area contributed by atoms with Crippen LogP contribution in [-0.2, 0) is 4.79 Å². The average molecular weight is 585 g/mol. The maximum absolute atomic E-state index is 13.0. The first-order valence-corrected chi connectivity index (χ1v) is 12.5. The Labute approximate surface area is 230 Å². The van der Waals surface area contributed by atoms with Crippen molar-refractivity contribution in [3.8, 4) is 11.5 Å². The molecule has 0 spiro atoms. The monoisotopic (exact) mass is 583 g/mol. The molecule has 3 aromatic rings. The number of methoxy groups -OCH3 is 1. The SMILES string of the molecule is COc1cc(/C=C2\SC(=S)N(c3ccc(Cl)c(Cl)c3)C2=O)ccc1OC(=O)c1ccc(Cl)cc1Cl. The van der Waals surface area contributed by atoms with Crippen LogP contribution in [0.3, 0.4) is 0 Å². The van der Waals surface area contributed by atoms with Crippen LogP contribution in [0.5, 0.6) is 11.5 Å². The molecule has 1 fully saturated rings. The maximum Gasteiger partial charge on any atom is 0.345 e. The molecule has 0 aliphatic carbocycles. The summed E-state index contributed by atoms with van der Waals surface area (Å²) in [5.74, 6) is -0.494. The number of carbonyl (C=O) groups is 2. The molecular weight excluding hydrogens is 572 g/mol. The van der Waals surface area contributed by atoms with Gasteiger partial charge in [-0.15, -0.1) is 0 Å². The fourth-order valence-electron chi connectivity index (χ4n) is 3.13. The first-order valence-electron chi connectivity index (χ1n) is 9.76. The molecule has 0 N–H and O–H groups in total. The van der Waals surface area contributed by atoms with Gasteiger partial charge in [0.2, 0.25) is 0 Å². The molecule has 3 aromatic carbocycles. The molecule has 5 nitrogen and oxygen atoms in total. The van der Waals surface area contributed by atoms with Crippen LogP contribution in [0, 0.1) is 0 Å². The molecule has 0 atom stereocenters. The number of ether oxygens (including phenoxy) is 2. The van der Waals surface area contributed by atoms with Crippen LogP contribution in [0.4, 0.5) is 5.69 Å². The van der Waals surface area contributed by atoms with Crippen molar-refractivity contribution in [2.24, 2.45) is 0 Å². The van der Waals surface area contributed by atoms with E-state index in [0.717, 1.165) is 11.8 Å². The van der Waals surface area contributed by atoms with Gasteiger partial charge in [-0.1, -0.05) is 76.4 Å². The van der Waals surface area contributed by atoms with Gasteiger partial charge in [-0.05, 0) is 60.2 Å². The second-order valence-corrected chi connectivity index (χ2v) is 10.4. The highest BCUT2D eigenvalue weighted by Crippen LogP contribution is 2.39. The van der Waals surface area contributed by atoms with Crippen molar-refractivity contribution in [3.05, 3.63) is 90.7 Å². The third kappa shape index (κ3) is 5.61. The van der Waals surface area contributed by atoms with Crippen LogP contribution in [0.25, 0.3) is 6.08 Å². The van der Waals surface area contributed by atoms with Crippen molar-refractivity contribution < 1.29 is 19.1 Å². The lowest BCUT2D eigenvalue weighted by Gasteiger charge is -2.15.